The Bertz CT molecular complexity index is 818. The Morgan fingerprint density at radius 2 is 1.92 bits per heavy atom. The zero-order valence-electron chi connectivity index (χ0n) is 14.3. The van der Waals surface area contributed by atoms with Crippen molar-refractivity contribution in [2.45, 2.75) is 16.2 Å². The second-order valence-corrected chi connectivity index (χ2v) is 8.22. The SMILES string of the molecule is CS[C@]1(Cc2c[nH]c3ccccc23)NC(=O)[C@](CO)(SC)N(C)C1=O. The van der Waals surface area contributed by atoms with E-state index in [0.29, 0.717) is 6.42 Å². The maximum absolute atomic E-state index is 13.2. The van der Waals surface area contributed by atoms with Crippen LogP contribution in [0.5, 0.6) is 0 Å². The Labute approximate surface area is 154 Å². The van der Waals surface area contributed by atoms with Crippen molar-refractivity contribution in [1.29, 1.82) is 0 Å². The third-order valence-electron chi connectivity index (χ3n) is 4.88. The number of aliphatic hydroxyl groups excluding tert-OH is 1. The number of benzene rings is 1. The molecule has 0 unspecified atom stereocenters. The number of H-pyrrole nitrogens is 1. The average molecular weight is 380 g/mol. The molecule has 2 atom stereocenters. The summed E-state index contributed by atoms with van der Waals surface area (Å²) >= 11 is 2.47. The van der Waals surface area contributed by atoms with Crippen molar-refractivity contribution < 1.29 is 14.7 Å². The number of amides is 2. The molecular formula is C17H21N3O3S2. The minimum atomic E-state index is -1.28. The topological polar surface area (TPSA) is 85.4 Å². The van der Waals surface area contributed by atoms with Crippen LogP contribution >= 0.6 is 23.5 Å². The smallest absolute Gasteiger partial charge is 0.260 e. The number of hydrogen-bond donors (Lipinski definition) is 3. The third kappa shape index (κ3) is 2.63. The first-order chi connectivity index (χ1) is 11.9. The van der Waals surface area contributed by atoms with Crippen LogP contribution < -0.4 is 5.32 Å². The first-order valence-corrected chi connectivity index (χ1v) is 10.3. The predicted molar refractivity (Wildman–Crippen MR) is 102 cm³/mol. The van der Waals surface area contributed by atoms with Crippen molar-refractivity contribution in [2.75, 3.05) is 26.2 Å². The van der Waals surface area contributed by atoms with Crippen LogP contribution in [0.1, 0.15) is 5.56 Å². The van der Waals surface area contributed by atoms with Crippen LogP contribution in [-0.2, 0) is 16.0 Å². The lowest BCUT2D eigenvalue weighted by molar-refractivity contribution is -0.152. The van der Waals surface area contributed by atoms with Crippen molar-refractivity contribution >= 4 is 46.2 Å². The summed E-state index contributed by atoms with van der Waals surface area (Å²) in [4.78, 5) is 28.2. The van der Waals surface area contributed by atoms with Crippen molar-refractivity contribution in [3.8, 4) is 0 Å². The monoisotopic (exact) mass is 379 g/mol. The van der Waals surface area contributed by atoms with Crippen molar-refractivity contribution in [2.24, 2.45) is 0 Å². The number of nitrogens with one attached hydrogen (secondary N) is 2. The maximum Gasteiger partial charge on any atom is 0.260 e. The van der Waals surface area contributed by atoms with E-state index in [2.05, 4.69) is 10.3 Å². The summed E-state index contributed by atoms with van der Waals surface area (Å²) in [7, 11) is 1.58. The van der Waals surface area contributed by atoms with E-state index in [-0.39, 0.29) is 11.8 Å². The van der Waals surface area contributed by atoms with Crippen LogP contribution in [0, 0.1) is 0 Å². The molecule has 3 rings (SSSR count). The highest BCUT2D eigenvalue weighted by Gasteiger charge is 2.57. The van der Waals surface area contributed by atoms with Gasteiger partial charge in [0.05, 0.1) is 6.61 Å². The molecule has 0 bridgehead atoms. The van der Waals surface area contributed by atoms with E-state index in [4.69, 9.17) is 0 Å². The minimum absolute atomic E-state index is 0.215. The number of aliphatic hydroxyl groups is 1. The standard InChI is InChI=1S/C17H21N3O3S2/c1-20-15(23)16(24-2,19-14(22)17(20,10-21)25-3)8-11-9-18-13-7-5-4-6-12(11)13/h4-7,9,18,21H,8,10H2,1-3H3,(H,19,22)/t16-,17-/m0/s1. The summed E-state index contributed by atoms with van der Waals surface area (Å²) in [5, 5.41) is 13.7. The summed E-state index contributed by atoms with van der Waals surface area (Å²) in [5.74, 6) is -0.563. The molecule has 0 saturated carbocycles. The summed E-state index contributed by atoms with van der Waals surface area (Å²) in [6.07, 6.45) is 5.77. The van der Waals surface area contributed by atoms with Crippen LogP contribution in [-0.4, -0.2) is 62.7 Å². The van der Waals surface area contributed by atoms with Crippen LogP contribution in [0.2, 0.25) is 0 Å². The molecule has 134 valence electrons. The van der Waals surface area contributed by atoms with Gasteiger partial charge in [0.25, 0.3) is 11.8 Å². The Morgan fingerprint density at radius 3 is 2.56 bits per heavy atom. The number of rotatable bonds is 5. The lowest BCUT2D eigenvalue weighted by Gasteiger charge is -2.49. The largest absolute Gasteiger partial charge is 0.392 e. The van der Waals surface area contributed by atoms with Gasteiger partial charge in [-0.1, -0.05) is 18.2 Å². The zero-order chi connectivity index (χ0) is 18.2. The number of aromatic nitrogens is 1. The number of para-hydroxylation sites is 1. The molecular weight excluding hydrogens is 358 g/mol. The van der Waals surface area contributed by atoms with Crippen molar-refractivity contribution in [3.05, 3.63) is 36.0 Å². The number of piperazine rings is 1. The first kappa shape index (κ1) is 18.2. The van der Waals surface area contributed by atoms with Gasteiger partial charge in [-0.3, -0.25) is 9.59 Å². The molecule has 2 amide bonds. The van der Waals surface area contributed by atoms with Gasteiger partial charge in [-0.15, -0.1) is 23.5 Å². The Hall–Kier alpha value is -1.64. The fourth-order valence-electron chi connectivity index (χ4n) is 3.27. The van der Waals surface area contributed by atoms with Gasteiger partial charge in [0.15, 0.2) is 9.74 Å². The maximum atomic E-state index is 13.2. The zero-order valence-corrected chi connectivity index (χ0v) is 16.0. The second kappa shape index (κ2) is 6.59. The Kier molecular flexibility index (Phi) is 4.78. The third-order valence-corrected chi connectivity index (χ3v) is 7.26. The number of thioether (sulfide) groups is 2. The summed E-state index contributed by atoms with van der Waals surface area (Å²) in [6.45, 7) is -0.431. The molecule has 25 heavy (non-hydrogen) atoms. The van der Waals surface area contributed by atoms with Crippen molar-refractivity contribution in [1.82, 2.24) is 15.2 Å². The Morgan fingerprint density at radius 1 is 1.20 bits per heavy atom. The van der Waals surface area contributed by atoms with Crippen LogP contribution in [0.15, 0.2) is 30.5 Å². The fraction of sp³-hybridized carbons (Fsp3) is 0.412. The molecule has 0 spiro atoms. The van der Waals surface area contributed by atoms with Gasteiger partial charge in [-0.2, -0.15) is 0 Å². The predicted octanol–water partition coefficient (Wildman–Crippen LogP) is 1.41. The molecule has 1 aliphatic rings. The molecule has 2 aromatic rings. The normalized spacial score (nSPS) is 27.0. The van der Waals surface area contributed by atoms with Gasteiger partial charge >= 0.3 is 0 Å². The Balaban J connectivity index is 2.01. The van der Waals surface area contributed by atoms with E-state index in [1.807, 2.05) is 36.7 Å². The molecule has 1 fully saturated rings. The molecule has 0 radical (unpaired) electrons. The number of likely N-dealkylation sites (N-methyl/N-ethyl adjacent to an activating group) is 1. The minimum Gasteiger partial charge on any atom is -0.392 e. The number of carbonyl (C=O) groups excluding carboxylic acids is 2. The summed E-state index contributed by atoms with van der Waals surface area (Å²) in [5.41, 5.74) is 1.96. The highest BCUT2D eigenvalue weighted by atomic mass is 32.2. The first-order valence-electron chi connectivity index (χ1n) is 7.81. The van der Waals surface area contributed by atoms with E-state index >= 15 is 0 Å². The van der Waals surface area contributed by atoms with Gasteiger partial charge in [0.1, 0.15) is 0 Å². The lowest BCUT2D eigenvalue weighted by atomic mass is 9.99. The molecule has 8 heteroatoms. The van der Waals surface area contributed by atoms with Crippen molar-refractivity contribution in [3.63, 3.8) is 0 Å². The number of nitrogens with zero attached hydrogens (tertiary/aromatic N) is 1. The molecule has 1 aromatic heterocycles. The van der Waals surface area contributed by atoms with E-state index in [1.165, 1.54) is 16.7 Å². The van der Waals surface area contributed by atoms with E-state index in [0.717, 1.165) is 28.2 Å². The molecule has 6 nitrogen and oxygen atoms in total. The molecule has 1 saturated heterocycles. The fourth-order valence-corrected chi connectivity index (χ4v) is 4.80. The highest BCUT2D eigenvalue weighted by Crippen LogP contribution is 2.39. The summed E-state index contributed by atoms with van der Waals surface area (Å²) < 4.78 is 0. The van der Waals surface area contributed by atoms with Crippen LogP contribution in [0.25, 0.3) is 10.9 Å². The van der Waals surface area contributed by atoms with Crippen LogP contribution in [0.4, 0.5) is 0 Å². The summed E-state index contributed by atoms with van der Waals surface area (Å²) in [6, 6.07) is 7.86. The number of hydrogen-bond acceptors (Lipinski definition) is 5. The molecule has 3 N–H and O–H groups in total. The van der Waals surface area contributed by atoms with Gasteiger partial charge in [-0.25, -0.2) is 0 Å². The van der Waals surface area contributed by atoms with Gasteiger partial charge in [0, 0.05) is 30.6 Å². The van der Waals surface area contributed by atoms with Crippen LogP contribution in [0.3, 0.4) is 0 Å². The van der Waals surface area contributed by atoms with Gasteiger partial charge in [0.2, 0.25) is 0 Å². The van der Waals surface area contributed by atoms with Gasteiger partial charge in [-0.05, 0) is 24.1 Å². The molecule has 2 heterocycles. The quantitative estimate of drug-likeness (QED) is 0.731. The number of aromatic amines is 1. The molecule has 0 aliphatic carbocycles. The number of carbonyl (C=O) groups is 2. The van der Waals surface area contributed by atoms with E-state index < -0.39 is 16.3 Å². The number of fused-ring (bicyclic) bond motifs is 1. The van der Waals surface area contributed by atoms with E-state index in [9.17, 15) is 14.7 Å². The highest BCUT2D eigenvalue weighted by molar-refractivity contribution is 8.01. The molecule has 1 aliphatic heterocycles. The molecule has 1 aromatic carbocycles. The second-order valence-electron chi connectivity index (χ2n) is 6.03. The average Bonchev–Trinajstić information content (AvgIpc) is 3.03. The van der Waals surface area contributed by atoms with Gasteiger partial charge < -0.3 is 20.3 Å². The van der Waals surface area contributed by atoms with E-state index in [1.54, 1.807) is 13.3 Å². The lowest BCUT2D eigenvalue weighted by Crippen LogP contribution is -2.74.